The first kappa shape index (κ1) is 27.5. The quantitative estimate of drug-likeness (QED) is 0.313. The van der Waals surface area contributed by atoms with Crippen molar-refractivity contribution >= 4 is 17.6 Å². The van der Waals surface area contributed by atoms with E-state index in [2.05, 4.69) is 48.2 Å². The summed E-state index contributed by atoms with van der Waals surface area (Å²) in [5.74, 6) is -0.919. The lowest BCUT2D eigenvalue weighted by molar-refractivity contribution is -0.139. The summed E-state index contributed by atoms with van der Waals surface area (Å²) in [7, 11) is 4.01. The molecular weight excluding hydrogens is 488 g/mol. The Kier molecular flexibility index (Phi) is 8.10. The number of rotatable bonds is 8. The molecule has 1 atom stereocenters. The van der Waals surface area contributed by atoms with Gasteiger partial charge in [-0.1, -0.05) is 69.3 Å². The Balaban J connectivity index is 1.41. The van der Waals surface area contributed by atoms with Crippen LogP contribution in [0.3, 0.4) is 0 Å². The van der Waals surface area contributed by atoms with Gasteiger partial charge in [0.15, 0.2) is 5.82 Å². The van der Waals surface area contributed by atoms with Gasteiger partial charge in [-0.05, 0) is 46.4 Å². The maximum Gasteiger partial charge on any atom is 0.326 e. The van der Waals surface area contributed by atoms with E-state index in [4.69, 9.17) is 0 Å². The molecule has 1 heterocycles. The summed E-state index contributed by atoms with van der Waals surface area (Å²) < 4.78 is 0. The minimum absolute atomic E-state index is 0.0317. The highest BCUT2D eigenvalue weighted by atomic mass is 16.4. The Morgan fingerprint density at radius 2 is 1.38 bits per heavy atom. The smallest absolute Gasteiger partial charge is 0.326 e. The van der Waals surface area contributed by atoms with Gasteiger partial charge in [0.2, 0.25) is 0 Å². The Morgan fingerprint density at radius 1 is 0.821 bits per heavy atom. The van der Waals surface area contributed by atoms with Crippen LogP contribution in [0.1, 0.15) is 42.3 Å². The lowest BCUT2D eigenvalue weighted by Gasteiger charge is -2.19. The fourth-order valence-corrected chi connectivity index (χ4v) is 4.17. The zero-order valence-electron chi connectivity index (χ0n) is 23.0. The minimum atomic E-state index is -1.09. The SMILES string of the molecule is CN(C)c1ccc(-c2cnc(-c3ccc(CC(NC(=O)c4ccc(C(C)(C)C)cc4)C(=O)O)cc3)nc2)cc1. The van der Waals surface area contributed by atoms with E-state index < -0.39 is 17.9 Å². The number of nitrogens with one attached hydrogen (secondary N) is 1. The number of carboxylic acid groups (broad SMARTS) is 1. The second kappa shape index (κ2) is 11.5. The Hall–Kier alpha value is -4.52. The molecule has 1 aromatic heterocycles. The van der Waals surface area contributed by atoms with Gasteiger partial charge in [-0.3, -0.25) is 4.79 Å². The molecule has 4 rings (SSSR count). The average Bonchev–Trinajstić information content (AvgIpc) is 2.93. The molecule has 4 aromatic rings. The van der Waals surface area contributed by atoms with E-state index in [1.165, 1.54) is 0 Å². The molecule has 200 valence electrons. The molecule has 1 unspecified atom stereocenters. The summed E-state index contributed by atoms with van der Waals surface area (Å²) in [5.41, 5.74) is 6.19. The number of benzene rings is 3. The summed E-state index contributed by atoms with van der Waals surface area (Å²) in [6.07, 6.45) is 3.75. The molecule has 0 aliphatic heterocycles. The summed E-state index contributed by atoms with van der Waals surface area (Å²) >= 11 is 0. The predicted octanol–water partition coefficient (Wildman–Crippen LogP) is 5.60. The maximum atomic E-state index is 12.7. The highest BCUT2D eigenvalue weighted by molar-refractivity contribution is 5.96. The van der Waals surface area contributed by atoms with Crippen LogP contribution >= 0.6 is 0 Å². The molecule has 0 saturated carbocycles. The number of anilines is 1. The van der Waals surface area contributed by atoms with E-state index in [-0.39, 0.29) is 11.8 Å². The standard InChI is InChI=1S/C32H34N4O3/c1-32(2,3)26-14-10-24(11-15-26)30(37)35-28(31(38)39)18-21-6-8-23(9-7-21)29-33-19-25(20-34-29)22-12-16-27(17-13-22)36(4)5/h6-17,19-20,28H,18H2,1-5H3,(H,35,37)(H,38,39). The molecule has 1 amide bonds. The number of carbonyl (C=O) groups is 2. The van der Waals surface area contributed by atoms with Crippen LogP contribution in [-0.2, 0) is 16.6 Å². The zero-order chi connectivity index (χ0) is 28.2. The van der Waals surface area contributed by atoms with Gasteiger partial charge in [0.1, 0.15) is 6.04 Å². The van der Waals surface area contributed by atoms with Crippen molar-refractivity contribution in [1.29, 1.82) is 0 Å². The van der Waals surface area contributed by atoms with E-state index in [9.17, 15) is 14.7 Å². The third-order valence-corrected chi connectivity index (χ3v) is 6.64. The highest BCUT2D eigenvalue weighted by Gasteiger charge is 2.22. The molecular formula is C32H34N4O3. The molecule has 0 fully saturated rings. The molecule has 0 bridgehead atoms. The van der Waals surface area contributed by atoms with Crippen LogP contribution in [0, 0.1) is 0 Å². The van der Waals surface area contributed by atoms with E-state index in [0.29, 0.717) is 11.4 Å². The molecule has 0 spiro atoms. The van der Waals surface area contributed by atoms with E-state index in [1.54, 1.807) is 24.5 Å². The molecule has 0 radical (unpaired) electrons. The van der Waals surface area contributed by atoms with Crippen molar-refractivity contribution in [2.24, 2.45) is 0 Å². The van der Waals surface area contributed by atoms with Crippen molar-refractivity contribution < 1.29 is 14.7 Å². The zero-order valence-corrected chi connectivity index (χ0v) is 23.0. The number of aromatic nitrogens is 2. The highest BCUT2D eigenvalue weighted by Crippen LogP contribution is 2.24. The average molecular weight is 523 g/mol. The van der Waals surface area contributed by atoms with E-state index in [0.717, 1.165) is 33.5 Å². The van der Waals surface area contributed by atoms with Gasteiger partial charge in [0.05, 0.1) is 0 Å². The first-order valence-electron chi connectivity index (χ1n) is 12.8. The van der Waals surface area contributed by atoms with Gasteiger partial charge >= 0.3 is 5.97 Å². The van der Waals surface area contributed by atoms with Crippen molar-refractivity contribution in [2.75, 3.05) is 19.0 Å². The summed E-state index contributed by atoms with van der Waals surface area (Å²) in [6.45, 7) is 6.29. The Labute approximate surface area is 229 Å². The van der Waals surface area contributed by atoms with Gasteiger partial charge in [-0.25, -0.2) is 14.8 Å². The van der Waals surface area contributed by atoms with Gasteiger partial charge in [0, 0.05) is 55.3 Å². The van der Waals surface area contributed by atoms with Crippen molar-refractivity contribution in [2.45, 2.75) is 38.6 Å². The number of aliphatic carboxylic acids is 1. The fraction of sp³-hybridized carbons (Fsp3) is 0.250. The molecule has 0 saturated heterocycles. The molecule has 39 heavy (non-hydrogen) atoms. The van der Waals surface area contributed by atoms with Gasteiger partial charge in [0.25, 0.3) is 5.91 Å². The predicted molar refractivity (Wildman–Crippen MR) is 155 cm³/mol. The fourth-order valence-electron chi connectivity index (χ4n) is 4.17. The number of amides is 1. The van der Waals surface area contributed by atoms with Crippen molar-refractivity contribution in [3.63, 3.8) is 0 Å². The van der Waals surface area contributed by atoms with Crippen molar-refractivity contribution in [1.82, 2.24) is 15.3 Å². The van der Waals surface area contributed by atoms with Crippen molar-refractivity contribution in [3.8, 4) is 22.5 Å². The van der Waals surface area contributed by atoms with Crippen molar-refractivity contribution in [3.05, 3.63) is 102 Å². The second-order valence-corrected chi connectivity index (χ2v) is 10.8. The molecule has 7 nitrogen and oxygen atoms in total. The second-order valence-electron chi connectivity index (χ2n) is 10.8. The van der Waals surface area contributed by atoms with Crippen LogP contribution in [0.25, 0.3) is 22.5 Å². The van der Waals surface area contributed by atoms with E-state index in [1.807, 2.05) is 67.5 Å². The third-order valence-electron chi connectivity index (χ3n) is 6.64. The lowest BCUT2D eigenvalue weighted by Crippen LogP contribution is -2.42. The first-order valence-corrected chi connectivity index (χ1v) is 12.8. The largest absolute Gasteiger partial charge is 0.480 e. The molecule has 0 aliphatic rings. The van der Waals surface area contributed by atoms with Crippen LogP contribution in [0.2, 0.25) is 0 Å². The lowest BCUT2D eigenvalue weighted by atomic mass is 9.86. The maximum absolute atomic E-state index is 12.7. The number of hydrogen-bond donors (Lipinski definition) is 2. The number of carboxylic acids is 1. The van der Waals surface area contributed by atoms with Crippen LogP contribution < -0.4 is 10.2 Å². The van der Waals surface area contributed by atoms with Gasteiger partial charge < -0.3 is 15.3 Å². The Morgan fingerprint density at radius 3 is 1.90 bits per heavy atom. The summed E-state index contributed by atoms with van der Waals surface area (Å²) in [5, 5.41) is 12.4. The minimum Gasteiger partial charge on any atom is -0.480 e. The van der Waals surface area contributed by atoms with Crippen LogP contribution in [0.5, 0.6) is 0 Å². The first-order chi connectivity index (χ1) is 18.5. The summed E-state index contributed by atoms with van der Waals surface area (Å²) in [6, 6.07) is 21.8. The molecule has 2 N–H and O–H groups in total. The van der Waals surface area contributed by atoms with Crippen LogP contribution in [0.15, 0.2) is 85.2 Å². The Bertz CT molecular complexity index is 1420. The van der Waals surface area contributed by atoms with E-state index >= 15 is 0 Å². The number of hydrogen-bond acceptors (Lipinski definition) is 5. The normalized spacial score (nSPS) is 12.0. The molecule has 7 heteroatoms. The number of carbonyl (C=O) groups excluding carboxylic acids is 1. The number of nitrogens with zero attached hydrogens (tertiary/aromatic N) is 3. The topological polar surface area (TPSA) is 95.4 Å². The van der Waals surface area contributed by atoms with Gasteiger partial charge in [-0.15, -0.1) is 0 Å². The van der Waals surface area contributed by atoms with Gasteiger partial charge in [-0.2, -0.15) is 0 Å². The van der Waals surface area contributed by atoms with Crippen LogP contribution in [-0.4, -0.2) is 47.1 Å². The summed E-state index contributed by atoms with van der Waals surface area (Å²) in [4.78, 5) is 35.7. The monoisotopic (exact) mass is 522 g/mol. The molecule has 3 aromatic carbocycles. The molecule has 0 aliphatic carbocycles. The van der Waals surface area contributed by atoms with Crippen LogP contribution in [0.4, 0.5) is 5.69 Å². The third kappa shape index (κ3) is 6.87.